The summed E-state index contributed by atoms with van der Waals surface area (Å²) in [5, 5.41) is 2.52. The first-order valence-electron chi connectivity index (χ1n) is 23.3. The fourth-order valence-electron chi connectivity index (χ4n) is 10.8. The Balaban J connectivity index is 1.37. The third-order valence-electron chi connectivity index (χ3n) is 14.9. The molecule has 1 aliphatic carbocycles. The highest BCUT2D eigenvalue weighted by Gasteiger charge is 2.61. The van der Waals surface area contributed by atoms with Crippen molar-refractivity contribution in [2.45, 2.75) is 151 Å². The number of nitrogens with zero attached hydrogens (tertiary/aromatic N) is 4. The molecule has 0 unspecified atom stereocenters. The largest absolute Gasteiger partial charge is 0.317 e. The number of amidine groups is 1. The van der Waals surface area contributed by atoms with Crippen LogP contribution in [0.1, 0.15) is 156 Å². The fourth-order valence-corrected chi connectivity index (χ4v) is 10.8. The van der Waals surface area contributed by atoms with E-state index in [0.29, 0.717) is 11.8 Å². The van der Waals surface area contributed by atoms with Gasteiger partial charge in [-0.2, -0.15) is 0 Å². The second-order valence-electron chi connectivity index (χ2n) is 22.2. The molecule has 7 aromatic rings. The van der Waals surface area contributed by atoms with E-state index in [-0.39, 0.29) is 16.4 Å². The van der Waals surface area contributed by atoms with E-state index in [1.165, 1.54) is 83.1 Å². The van der Waals surface area contributed by atoms with Crippen LogP contribution < -0.4 is 4.90 Å². The van der Waals surface area contributed by atoms with Crippen LogP contribution in [-0.4, -0.2) is 20.9 Å². The average Bonchev–Trinajstić information content (AvgIpc) is 3.72. The van der Waals surface area contributed by atoms with Crippen LogP contribution in [0.5, 0.6) is 0 Å². The molecule has 2 aromatic heterocycles. The summed E-state index contributed by atoms with van der Waals surface area (Å²) < 4.78 is 2.52. The van der Waals surface area contributed by atoms with Gasteiger partial charge in [0.1, 0.15) is 11.4 Å². The van der Waals surface area contributed by atoms with Crippen molar-refractivity contribution in [2.75, 3.05) is 4.90 Å². The average molecular weight is 833 g/mol. The molecule has 3 heterocycles. The highest BCUT2D eigenvalue weighted by Crippen LogP contribution is 2.58. The Bertz CT molecular complexity index is 3000. The number of anilines is 1. The summed E-state index contributed by atoms with van der Waals surface area (Å²) in [5.74, 6) is 1.72. The van der Waals surface area contributed by atoms with Crippen LogP contribution in [0.4, 0.5) is 5.69 Å². The van der Waals surface area contributed by atoms with E-state index >= 15 is 0 Å². The van der Waals surface area contributed by atoms with Crippen molar-refractivity contribution in [2.24, 2.45) is 4.99 Å². The van der Waals surface area contributed by atoms with Crippen LogP contribution in [0, 0.1) is 27.7 Å². The smallest absolute Gasteiger partial charge is 0.137 e. The molecule has 0 spiro atoms. The normalized spacial score (nSPS) is 18.9. The molecular formula is C59H68N4. The van der Waals surface area contributed by atoms with E-state index < -0.39 is 5.54 Å². The first-order chi connectivity index (χ1) is 29.5. The summed E-state index contributed by atoms with van der Waals surface area (Å²) in [6, 6.07) is 35.4. The van der Waals surface area contributed by atoms with Gasteiger partial charge in [0.2, 0.25) is 0 Å². The molecule has 63 heavy (non-hydrogen) atoms. The maximum atomic E-state index is 6.10. The van der Waals surface area contributed by atoms with Gasteiger partial charge >= 0.3 is 0 Å². The molecule has 0 saturated heterocycles. The monoisotopic (exact) mass is 833 g/mol. The molecule has 4 heteroatoms. The molecule has 0 amide bonds. The Morgan fingerprint density at radius 2 is 1.29 bits per heavy atom. The summed E-state index contributed by atoms with van der Waals surface area (Å²) in [5.41, 5.74) is 20.5. The van der Waals surface area contributed by atoms with E-state index in [2.05, 4.69) is 211 Å². The van der Waals surface area contributed by atoms with Gasteiger partial charge in [-0.1, -0.05) is 111 Å². The highest BCUT2D eigenvalue weighted by molar-refractivity contribution is 6.15. The second kappa shape index (κ2) is 14.5. The van der Waals surface area contributed by atoms with E-state index in [1.807, 2.05) is 6.20 Å². The molecule has 0 radical (unpaired) electrons. The third kappa shape index (κ3) is 6.69. The number of hydrogen-bond donors (Lipinski definition) is 0. The molecule has 324 valence electrons. The molecule has 2 atom stereocenters. The molecule has 9 rings (SSSR count). The molecule has 0 fully saturated rings. The minimum absolute atomic E-state index is 0.0147. The van der Waals surface area contributed by atoms with Crippen molar-refractivity contribution in [3.05, 3.63) is 158 Å². The van der Waals surface area contributed by atoms with Crippen molar-refractivity contribution < 1.29 is 0 Å². The fraction of sp³-hybridized carbons (Fsp3) is 0.390. The van der Waals surface area contributed by atoms with Crippen LogP contribution in [0.25, 0.3) is 38.8 Å². The Morgan fingerprint density at radius 3 is 1.94 bits per heavy atom. The van der Waals surface area contributed by atoms with Crippen LogP contribution in [0.15, 0.2) is 102 Å². The number of fused-ring (bicyclic) bond motifs is 6. The number of rotatable bonds is 6. The van der Waals surface area contributed by atoms with Crippen LogP contribution >= 0.6 is 0 Å². The Morgan fingerprint density at radius 1 is 0.635 bits per heavy atom. The van der Waals surface area contributed by atoms with Crippen LogP contribution in [-0.2, 0) is 22.8 Å². The van der Waals surface area contributed by atoms with Crippen molar-refractivity contribution in [3.8, 4) is 16.9 Å². The van der Waals surface area contributed by atoms with E-state index in [1.54, 1.807) is 0 Å². The molecule has 0 bridgehead atoms. The van der Waals surface area contributed by atoms with E-state index in [4.69, 9.17) is 9.98 Å². The summed E-state index contributed by atoms with van der Waals surface area (Å²) in [6.45, 7) is 37.1. The predicted octanol–water partition coefficient (Wildman–Crippen LogP) is 15.4. The SMILES string of the molecule is Cc1ccc2c(c1)c1cc(C)c(-c3cc(C(C)(C)C)ccn3)cc1n2-c1cc(C2=N[C@]3(C)c4cc(C)c(C)cc4C[C@]3(C)N2c2c(C(C)C)cccc2C(C)C)cc(C(C)(C)C)c1. The molecular weight excluding hydrogens is 765 g/mol. The number of aryl methyl sites for hydroxylation is 4. The number of benzene rings is 5. The molecule has 5 aromatic carbocycles. The summed E-state index contributed by atoms with van der Waals surface area (Å²) >= 11 is 0. The van der Waals surface area contributed by atoms with Crippen LogP contribution in [0.3, 0.4) is 0 Å². The Kier molecular flexibility index (Phi) is 9.87. The lowest BCUT2D eigenvalue weighted by Crippen LogP contribution is -2.54. The van der Waals surface area contributed by atoms with Crippen molar-refractivity contribution in [3.63, 3.8) is 0 Å². The first kappa shape index (κ1) is 42.8. The summed E-state index contributed by atoms with van der Waals surface area (Å²) in [6.07, 6.45) is 2.90. The van der Waals surface area contributed by atoms with Gasteiger partial charge in [0.15, 0.2) is 0 Å². The summed E-state index contributed by atoms with van der Waals surface area (Å²) in [4.78, 5) is 13.8. The lowest BCUT2D eigenvalue weighted by Gasteiger charge is -2.44. The molecule has 4 nitrogen and oxygen atoms in total. The van der Waals surface area contributed by atoms with Gasteiger partial charge < -0.3 is 9.47 Å². The zero-order valence-electron chi connectivity index (χ0n) is 40.9. The molecule has 0 N–H and O–H groups in total. The number of para-hydroxylation sites is 1. The van der Waals surface area contributed by atoms with Gasteiger partial charge in [0, 0.05) is 33.8 Å². The van der Waals surface area contributed by atoms with Crippen LogP contribution in [0.2, 0.25) is 0 Å². The summed E-state index contributed by atoms with van der Waals surface area (Å²) in [7, 11) is 0. The van der Waals surface area contributed by atoms with Crippen molar-refractivity contribution in [1.29, 1.82) is 0 Å². The first-order valence-corrected chi connectivity index (χ1v) is 23.3. The van der Waals surface area contributed by atoms with Crippen molar-refractivity contribution >= 4 is 33.3 Å². The number of pyridine rings is 1. The molecule has 1 aliphatic heterocycles. The topological polar surface area (TPSA) is 33.4 Å². The zero-order valence-corrected chi connectivity index (χ0v) is 40.9. The second-order valence-corrected chi connectivity index (χ2v) is 22.2. The maximum Gasteiger partial charge on any atom is 0.137 e. The Hall–Kier alpha value is -5.48. The minimum atomic E-state index is -0.474. The highest BCUT2D eigenvalue weighted by atomic mass is 15.4. The van der Waals surface area contributed by atoms with E-state index in [0.717, 1.165) is 34.8 Å². The zero-order chi connectivity index (χ0) is 45.3. The van der Waals surface area contributed by atoms with Gasteiger partial charge in [0.05, 0.1) is 28.0 Å². The molecule has 2 aliphatic rings. The van der Waals surface area contributed by atoms with E-state index in [9.17, 15) is 0 Å². The minimum Gasteiger partial charge on any atom is -0.317 e. The lowest BCUT2D eigenvalue weighted by molar-refractivity contribution is 0.321. The lowest BCUT2D eigenvalue weighted by atomic mass is 9.78. The molecule has 0 saturated carbocycles. The van der Waals surface area contributed by atoms with Gasteiger partial charge in [-0.05, 0) is 175 Å². The van der Waals surface area contributed by atoms with Gasteiger partial charge in [-0.15, -0.1) is 0 Å². The standard InChI is InChI=1S/C59H68N4/c1-34(2)45-18-17-19-46(35(3)4)54(45)63-55(61-59(16)50-27-38(7)37(6)25-41(50)33-58(59,63)15)40-28-43(57(12,13)14)30-44(29-40)62-52-21-20-36(5)24-48(52)49-26-39(8)47(32-53(49)62)51-31-42(22-23-60-51)56(9,10)11/h17-32,34-35H,33H2,1-16H3/t58-,59+/m0/s1. The number of aliphatic imine (C=N–C) groups is 1. The van der Waals surface area contributed by atoms with Gasteiger partial charge in [0.25, 0.3) is 0 Å². The van der Waals surface area contributed by atoms with Gasteiger partial charge in [-0.3, -0.25) is 9.98 Å². The van der Waals surface area contributed by atoms with Gasteiger partial charge in [-0.25, -0.2) is 0 Å². The van der Waals surface area contributed by atoms with Crippen molar-refractivity contribution in [1.82, 2.24) is 9.55 Å². The number of aromatic nitrogens is 2. The third-order valence-corrected chi connectivity index (χ3v) is 14.9. The quantitative estimate of drug-likeness (QED) is 0.167. The Labute approximate surface area is 377 Å². The maximum absolute atomic E-state index is 6.10. The predicted molar refractivity (Wildman–Crippen MR) is 270 cm³/mol. The number of hydrogen-bond acceptors (Lipinski definition) is 3.